The molecule has 0 aromatic rings. The van der Waals surface area contributed by atoms with Crippen LogP contribution in [0.15, 0.2) is 0 Å². The summed E-state index contributed by atoms with van der Waals surface area (Å²) in [4.78, 5) is 0. The Hall–Kier alpha value is -0.0700. The fourth-order valence-corrected chi connectivity index (χ4v) is 4.31. The highest BCUT2D eigenvalue weighted by Crippen LogP contribution is 2.47. The molecule has 1 heteroatoms. The third-order valence-corrected chi connectivity index (χ3v) is 5.47. The van der Waals surface area contributed by atoms with Crippen molar-refractivity contribution in [3.05, 3.63) is 0 Å². The topological polar surface area (TPSA) is 0 Å². The first-order valence-corrected chi connectivity index (χ1v) is 7.85. The zero-order valence-electron chi connectivity index (χ0n) is 11.5. The van der Waals surface area contributed by atoms with Crippen LogP contribution < -0.4 is 0 Å². The Labute approximate surface area is 106 Å². The first kappa shape index (κ1) is 13.4. The van der Waals surface area contributed by atoms with Gasteiger partial charge in [0.2, 0.25) is 0 Å². The smallest absolute Gasteiger partial charge is 0.0950 e. The van der Waals surface area contributed by atoms with Crippen LogP contribution in [-0.4, -0.2) is 6.67 Å². The molecule has 0 amide bonds. The summed E-state index contributed by atoms with van der Waals surface area (Å²) in [5, 5.41) is 0. The van der Waals surface area contributed by atoms with Crippen molar-refractivity contribution in [1.82, 2.24) is 0 Å². The molecule has 0 radical (unpaired) electrons. The standard InChI is InChI=1S/C16H29F/c1-2-10-16(13-17)11-8-15(9-12-16)14-6-4-3-5-7-14/h14-15H,2-13H2,1H3. The van der Waals surface area contributed by atoms with E-state index in [1.807, 2.05) is 0 Å². The van der Waals surface area contributed by atoms with Crippen molar-refractivity contribution in [2.75, 3.05) is 6.67 Å². The maximum atomic E-state index is 13.3. The van der Waals surface area contributed by atoms with Crippen LogP contribution >= 0.6 is 0 Å². The Morgan fingerprint density at radius 2 is 1.53 bits per heavy atom. The van der Waals surface area contributed by atoms with E-state index in [2.05, 4.69) is 6.92 Å². The molecule has 0 unspecified atom stereocenters. The molecule has 2 rings (SSSR count). The number of rotatable bonds is 4. The number of hydrogen-bond acceptors (Lipinski definition) is 0. The fraction of sp³-hybridized carbons (Fsp3) is 1.00. The van der Waals surface area contributed by atoms with E-state index in [-0.39, 0.29) is 12.1 Å². The van der Waals surface area contributed by atoms with Gasteiger partial charge in [-0.2, -0.15) is 0 Å². The minimum atomic E-state index is -0.0712. The van der Waals surface area contributed by atoms with Crippen molar-refractivity contribution < 1.29 is 4.39 Å². The van der Waals surface area contributed by atoms with E-state index >= 15 is 0 Å². The summed E-state index contributed by atoms with van der Waals surface area (Å²) in [6, 6.07) is 0. The highest BCUT2D eigenvalue weighted by molar-refractivity contribution is 4.87. The first-order valence-electron chi connectivity index (χ1n) is 7.85. The lowest BCUT2D eigenvalue weighted by molar-refractivity contribution is 0.0694. The molecule has 0 atom stereocenters. The Balaban J connectivity index is 1.83. The summed E-state index contributed by atoms with van der Waals surface area (Å²) in [6.45, 7) is 2.13. The monoisotopic (exact) mass is 240 g/mol. The SMILES string of the molecule is CCCC1(CF)CCC(C2CCCCC2)CC1. The van der Waals surface area contributed by atoms with Gasteiger partial charge in [-0.1, -0.05) is 45.4 Å². The van der Waals surface area contributed by atoms with E-state index in [0.29, 0.717) is 0 Å². The average molecular weight is 240 g/mol. The summed E-state index contributed by atoms with van der Waals surface area (Å²) < 4.78 is 13.3. The lowest BCUT2D eigenvalue weighted by Gasteiger charge is -2.41. The van der Waals surface area contributed by atoms with E-state index in [9.17, 15) is 4.39 Å². The van der Waals surface area contributed by atoms with Crippen LogP contribution in [0, 0.1) is 17.3 Å². The third kappa shape index (κ3) is 3.23. The van der Waals surface area contributed by atoms with Gasteiger partial charge >= 0.3 is 0 Å². The number of alkyl halides is 1. The molecule has 0 heterocycles. The second kappa shape index (κ2) is 6.20. The van der Waals surface area contributed by atoms with Crippen molar-refractivity contribution in [2.45, 2.75) is 77.6 Å². The van der Waals surface area contributed by atoms with Crippen LogP contribution in [0.2, 0.25) is 0 Å². The molecule has 0 aromatic carbocycles. The molecule has 2 saturated carbocycles. The van der Waals surface area contributed by atoms with Gasteiger partial charge in [-0.05, 0) is 49.4 Å². The lowest BCUT2D eigenvalue weighted by Crippen LogP contribution is -2.32. The van der Waals surface area contributed by atoms with Crippen LogP contribution in [0.3, 0.4) is 0 Å². The highest BCUT2D eigenvalue weighted by atomic mass is 19.1. The zero-order valence-corrected chi connectivity index (χ0v) is 11.5. The molecular formula is C16H29F. The molecule has 0 aliphatic heterocycles. The predicted octanol–water partition coefficient (Wildman–Crippen LogP) is 5.51. The number of halogens is 1. The molecule has 0 saturated heterocycles. The van der Waals surface area contributed by atoms with Gasteiger partial charge in [-0.25, -0.2) is 0 Å². The summed E-state index contributed by atoms with van der Waals surface area (Å²) >= 11 is 0. The minimum Gasteiger partial charge on any atom is -0.250 e. The number of hydrogen-bond donors (Lipinski definition) is 0. The second-order valence-electron chi connectivity index (χ2n) is 6.62. The van der Waals surface area contributed by atoms with Gasteiger partial charge < -0.3 is 0 Å². The van der Waals surface area contributed by atoms with Crippen LogP contribution in [0.4, 0.5) is 4.39 Å². The fourth-order valence-electron chi connectivity index (χ4n) is 4.31. The van der Waals surface area contributed by atoms with Gasteiger partial charge in [0.25, 0.3) is 0 Å². The van der Waals surface area contributed by atoms with E-state index < -0.39 is 0 Å². The van der Waals surface area contributed by atoms with Crippen LogP contribution in [0.25, 0.3) is 0 Å². The van der Waals surface area contributed by atoms with E-state index in [1.54, 1.807) is 0 Å². The predicted molar refractivity (Wildman–Crippen MR) is 71.8 cm³/mol. The van der Waals surface area contributed by atoms with E-state index in [1.165, 1.54) is 57.8 Å². The molecule has 0 nitrogen and oxygen atoms in total. The van der Waals surface area contributed by atoms with Crippen molar-refractivity contribution in [3.8, 4) is 0 Å². The molecule has 0 bridgehead atoms. The van der Waals surface area contributed by atoms with Gasteiger partial charge in [0, 0.05) is 0 Å². The quantitative estimate of drug-likeness (QED) is 0.607. The van der Waals surface area contributed by atoms with Crippen molar-refractivity contribution in [2.24, 2.45) is 17.3 Å². The van der Waals surface area contributed by atoms with E-state index in [4.69, 9.17) is 0 Å². The van der Waals surface area contributed by atoms with Gasteiger partial charge in [0.05, 0.1) is 6.67 Å². The maximum absolute atomic E-state index is 13.3. The maximum Gasteiger partial charge on any atom is 0.0950 e. The third-order valence-electron chi connectivity index (χ3n) is 5.47. The summed E-state index contributed by atoms with van der Waals surface area (Å²) in [6.07, 6.45) is 14.5. The molecule has 2 aliphatic carbocycles. The van der Waals surface area contributed by atoms with Crippen molar-refractivity contribution in [1.29, 1.82) is 0 Å². The Morgan fingerprint density at radius 1 is 0.941 bits per heavy atom. The first-order chi connectivity index (χ1) is 8.29. The van der Waals surface area contributed by atoms with Gasteiger partial charge in [-0.3, -0.25) is 4.39 Å². The summed E-state index contributed by atoms with van der Waals surface area (Å²) in [5.74, 6) is 1.93. The van der Waals surface area contributed by atoms with Crippen LogP contribution in [0.1, 0.15) is 77.6 Å². The van der Waals surface area contributed by atoms with Gasteiger partial charge in [-0.15, -0.1) is 0 Å². The van der Waals surface area contributed by atoms with Gasteiger partial charge in [0.15, 0.2) is 0 Å². The lowest BCUT2D eigenvalue weighted by atomic mass is 9.64. The molecule has 0 N–H and O–H groups in total. The molecule has 0 aromatic heterocycles. The average Bonchev–Trinajstić information content (AvgIpc) is 2.41. The summed E-state index contributed by atoms with van der Waals surface area (Å²) in [7, 11) is 0. The molecular weight excluding hydrogens is 211 g/mol. The van der Waals surface area contributed by atoms with Crippen LogP contribution in [-0.2, 0) is 0 Å². The normalized spacial score (nSPS) is 36.0. The largest absolute Gasteiger partial charge is 0.250 e. The van der Waals surface area contributed by atoms with Crippen molar-refractivity contribution >= 4 is 0 Å². The van der Waals surface area contributed by atoms with Gasteiger partial charge in [0.1, 0.15) is 0 Å². The molecule has 0 spiro atoms. The summed E-state index contributed by atoms with van der Waals surface area (Å²) in [5.41, 5.74) is 0.0833. The zero-order chi connectivity index (χ0) is 12.1. The van der Waals surface area contributed by atoms with E-state index in [0.717, 1.165) is 24.7 Å². The molecule has 2 fully saturated rings. The second-order valence-corrected chi connectivity index (χ2v) is 6.62. The van der Waals surface area contributed by atoms with Crippen LogP contribution in [0.5, 0.6) is 0 Å². The Morgan fingerprint density at radius 3 is 2.06 bits per heavy atom. The Bertz CT molecular complexity index is 210. The molecule has 17 heavy (non-hydrogen) atoms. The minimum absolute atomic E-state index is 0.0712. The Kier molecular flexibility index (Phi) is 4.87. The molecule has 100 valence electrons. The molecule has 2 aliphatic rings. The van der Waals surface area contributed by atoms with Crippen molar-refractivity contribution in [3.63, 3.8) is 0 Å². The highest BCUT2D eigenvalue weighted by Gasteiger charge is 2.37.